The van der Waals surface area contributed by atoms with Gasteiger partial charge in [-0.1, -0.05) is 0 Å². The lowest BCUT2D eigenvalue weighted by atomic mass is 9.99. The molecule has 0 aromatic carbocycles. The summed E-state index contributed by atoms with van der Waals surface area (Å²) in [5.74, 6) is 0.892. The molecule has 4 heteroatoms. The van der Waals surface area contributed by atoms with Gasteiger partial charge in [0.25, 0.3) is 0 Å². The van der Waals surface area contributed by atoms with Gasteiger partial charge in [0.05, 0.1) is 0 Å². The molecule has 2 N–H and O–H groups in total. The smallest absolute Gasteiger partial charge is 0.160 e. The molecule has 20 heavy (non-hydrogen) atoms. The number of aromatic nitrogens is 2. The van der Waals surface area contributed by atoms with Crippen molar-refractivity contribution < 1.29 is 4.74 Å². The van der Waals surface area contributed by atoms with Gasteiger partial charge in [-0.15, -0.1) is 0 Å². The summed E-state index contributed by atoms with van der Waals surface area (Å²) < 4.78 is 6.06. The Hall–Kier alpha value is -1.00. The van der Waals surface area contributed by atoms with Gasteiger partial charge in [0, 0.05) is 18.0 Å². The Morgan fingerprint density at radius 2 is 1.75 bits per heavy atom. The second kappa shape index (κ2) is 6.64. The summed E-state index contributed by atoms with van der Waals surface area (Å²) in [6.07, 6.45) is 6.45. The lowest BCUT2D eigenvalue weighted by Gasteiger charge is -2.28. The monoisotopic (exact) mass is 277 g/mol. The second-order valence-electron chi connectivity index (χ2n) is 5.72. The first-order valence-corrected chi connectivity index (χ1v) is 7.81. The Kier molecular flexibility index (Phi) is 5.11. The largest absolute Gasteiger partial charge is 0.367 e. The molecule has 0 amide bonds. The van der Waals surface area contributed by atoms with Crippen molar-refractivity contribution in [3.63, 3.8) is 0 Å². The average Bonchev–Trinajstić information content (AvgIpc) is 2.88. The molecule has 0 spiro atoms. The first kappa shape index (κ1) is 15.4. The topological polar surface area (TPSA) is 61.0 Å². The molecular weight excluding hydrogens is 250 g/mol. The molecule has 0 atom stereocenters. The van der Waals surface area contributed by atoms with Gasteiger partial charge in [0.2, 0.25) is 0 Å². The van der Waals surface area contributed by atoms with E-state index in [1.54, 1.807) is 0 Å². The Morgan fingerprint density at radius 3 is 2.25 bits per heavy atom. The zero-order valence-electron chi connectivity index (χ0n) is 13.0. The molecule has 1 aliphatic rings. The lowest BCUT2D eigenvalue weighted by molar-refractivity contribution is -0.0459. The van der Waals surface area contributed by atoms with Crippen LogP contribution in [-0.4, -0.2) is 23.1 Å². The third-order valence-corrected chi connectivity index (χ3v) is 4.29. The zero-order chi connectivity index (χ0) is 14.6. The summed E-state index contributed by atoms with van der Waals surface area (Å²) in [5, 5.41) is 0. The van der Waals surface area contributed by atoms with Gasteiger partial charge in [-0.2, -0.15) is 0 Å². The van der Waals surface area contributed by atoms with Crippen LogP contribution in [0.4, 0.5) is 0 Å². The van der Waals surface area contributed by atoms with E-state index >= 15 is 0 Å². The Bertz CT molecular complexity index is 430. The van der Waals surface area contributed by atoms with Crippen LogP contribution in [0.3, 0.4) is 0 Å². The molecule has 0 aliphatic heterocycles. The van der Waals surface area contributed by atoms with E-state index in [1.165, 1.54) is 18.4 Å². The van der Waals surface area contributed by atoms with Gasteiger partial charge >= 0.3 is 0 Å². The van der Waals surface area contributed by atoms with Crippen LogP contribution in [-0.2, 0) is 16.8 Å². The van der Waals surface area contributed by atoms with Crippen molar-refractivity contribution >= 4 is 0 Å². The van der Waals surface area contributed by atoms with Gasteiger partial charge in [0.1, 0.15) is 5.60 Å². The quantitative estimate of drug-likeness (QED) is 0.868. The van der Waals surface area contributed by atoms with Crippen LogP contribution in [0.1, 0.15) is 61.8 Å². The first-order chi connectivity index (χ1) is 9.63. The highest BCUT2D eigenvalue weighted by molar-refractivity contribution is 5.26. The Labute approximate surface area is 122 Å². The molecule has 1 aromatic heterocycles. The van der Waals surface area contributed by atoms with Crippen LogP contribution in [0, 0.1) is 13.8 Å². The van der Waals surface area contributed by atoms with E-state index in [4.69, 9.17) is 20.4 Å². The predicted molar refractivity (Wildman–Crippen MR) is 80.7 cm³/mol. The van der Waals surface area contributed by atoms with E-state index in [2.05, 4.69) is 20.8 Å². The van der Waals surface area contributed by atoms with Crippen molar-refractivity contribution in [2.24, 2.45) is 5.73 Å². The first-order valence-electron chi connectivity index (χ1n) is 7.81. The van der Waals surface area contributed by atoms with E-state index in [0.717, 1.165) is 49.5 Å². The van der Waals surface area contributed by atoms with E-state index in [-0.39, 0.29) is 5.60 Å². The fraction of sp³-hybridized carbons (Fsp3) is 0.750. The molecule has 1 aliphatic carbocycles. The molecule has 0 unspecified atom stereocenters. The predicted octanol–water partition coefficient (Wildman–Crippen LogP) is 2.79. The summed E-state index contributed by atoms with van der Waals surface area (Å²) in [7, 11) is 0. The zero-order valence-corrected chi connectivity index (χ0v) is 13.0. The highest BCUT2D eigenvalue weighted by Gasteiger charge is 2.39. The SMILES string of the molecule is CCOC1(c2nc(C)c(CCCN)c(C)n2)CCCC1. The van der Waals surface area contributed by atoms with Gasteiger partial charge in [0.15, 0.2) is 5.82 Å². The van der Waals surface area contributed by atoms with Crippen molar-refractivity contribution in [2.75, 3.05) is 13.2 Å². The summed E-state index contributed by atoms with van der Waals surface area (Å²) in [4.78, 5) is 9.57. The van der Waals surface area contributed by atoms with E-state index < -0.39 is 0 Å². The lowest BCUT2D eigenvalue weighted by Crippen LogP contribution is -2.30. The maximum absolute atomic E-state index is 6.06. The molecule has 4 nitrogen and oxygen atoms in total. The van der Waals surface area contributed by atoms with Crippen LogP contribution >= 0.6 is 0 Å². The van der Waals surface area contributed by atoms with E-state index in [0.29, 0.717) is 6.54 Å². The standard InChI is InChI=1S/C16H27N3O/c1-4-20-16(9-5-6-10-16)15-18-12(2)14(8-7-11-17)13(3)19-15/h4-11,17H2,1-3H3. The number of aryl methyl sites for hydroxylation is 2. The number of rotatable bonds is 6. The summed E-state index contributed by atoms with van der Waals surface area (Å²) in [6, 6.07) is 0. The maximum atomic E-state index is 6.06. The molecule has 0 bridgehead atoms. The molecule has 1 saturated carbocycles. The highest BCUT2D eigenvalue weighted by atomic mass is 16.5. The van der Waals surface area contributed by atoms with Gasteiger partial charge in [-0.05, 0) is 71.4 Å². The van der Waals surface area contributed by atoms with Crippen LogP contribution in [0.25, 0.3) is 0 Å². The van der Waals surface area contributed by atoms with Crippen molar-refractivity contribution in [1.29, 1.82) is 0 Å². The second-order valence-corrected chi connectivity index (χ2v) is 5.72. The molecule has 1 aromatic rings. The van der Waals surface area contributed by atoms with Crippen LogP contribution < -0.4 is 5.73 Å². The number of hydrogen-bond donors (Lipinski definition) is 1. The minimum absolute atomic E-state index is 0.239. The van der Waals surface area contributed by atoms with Crippen molar-refractivity contribution in [3.8, 4) is 0 Å². The fourth-order valence-corrected chi connectivity index (χ4v) is 3.24. The van der Waals surface area contributed by atoms with Crippen molar-refractivity contribution in [2.45, 2.75) is 64.9 Å². The number of nitrogens with two attached hydrogens (primary N) is 1. The normalized spacial score (nSPS) is 17.6. The number of ether oxygens (including phenoxy) is 1. The molecule has 0 radical (unpaired) electrons. The molecular formula is C16H27N3O. The van der Waals surface area contributed by atoms with Gasteiger partial charge < -0.3 is 10.5 Å². The third-order valence-electron chi connectivity index (χ3n) is 4.29. The Balaban J connectivity index is 2.33. The third kappa shape index (κ3) is 3.01. The maximum Gasteiger partial charge on any atom is 0.160 e. The minimum Gasteiger partial charge on any atom is -0.367 e. The molecule has 1 fully saturated rings. The van der Waals surface area contributed by atoms with Crippen molar-refractivity contribution in [1.82, 2.24) is 9.97 Å². The van der Waals surface area contributed by atoms with E-state index in [9.17, 15) is 0 Å². The molecule has 112 valence electrons. The van der Waals surface area contributed by atoms with Gasteiger partial charge in [-0.3, -0.25) is 0 Å². The molecule has 0 saturated heterocycles. The highest BCUT2D eigenvalue weighted by Crippen LogP contribution is 2.40. The molecule has 1 heterocycles. The van der Waals surface area contributed by atoms with E-state index in [1.807, 2.05) is 0 Å². The average molecular weight is 277 g/mol. The van der Waals surface area contributed by atoms with Crippen LogP contribution in [0.5, 0.6) is 0 Å². The van der Waals surface area contributed by atoms with Gasteiger partial charge in [-0.25, -0.2) is 9.97 Å². The Morgan fingerprint density at radius 1 is 1.15 bits per heavy atom. The molecule has 2 rings (SSSR count). The summed E-state index contributed by atoms with van der Waals surface area (Å²) in [6.45, 7) is 7.65. The van der Waals surface area contributed by atoms with Crippen LogP contribution in [0.15, 0.2) is 0 Å². The minimum atomic E-state index is -0.239. The van der Waals surface area contributed by atoms with Crippen LogP contribution in [0.2, 0.25) is 0 Å². The number of hydrogen-bond acceptors (Lipinski definition) is 4. The fourth-order valence-electron chi connectivity index (χ4n) is 3.24. The van der Waals surface area contributed by atoms with Crippen molar-refractivity contribution in [3.05, 3.63) is 22.8 Å². The summed E-state index contributed by atoms with van der Waals surface area (Å²) in [5.41, 5.74) is 8.80. The summed E-state index contributed by atoms with van der Waals surface area (Å²) >= 11 is 0. The number of nitrogens with zero attached hydrogens (tertiary/aromatic N) is 2.